The lowest BCUT2D eigenvalue weighted by Gasteiger charge is -2.13. The van der Waals surface area contributed by atoms with Crippen LogP contribution >= 0.6 is 0 Å². The monoisotopic (exact) mass is 380 g/mol. The van der Waals surface area contributed by atoms with Crippen LogP contribution in [0, 0.1) is 27.7 Å². The summed E-state index contributed by atoms with van der Waals surface area (Å²) in [6.45, 7) is 8.33. The molecule has 4 rings (SSSR count). The molecule has 0 radical (unpaired) electrons. The van der Waals surface area contributed by atoms with E-state index in [1.165, 1.54) is 16.7 Å². The van der Waals surface area contributed by atoms with Gasteiger partial charge in [-0.25, -0.2) is 15.0 Å². The Kier molecular flexibility index (Phi) is 4.85. The van der Waals surface area contributed by atoms with Gasteiger partial charge >= 0.3 is 0 Å². The first kappa shape index (κ1) is 18.8. The summed E-state index contributed by atoms with van der Waals surface area (Å²) in [5.41, 5.74) is 15.0. The van der Waals surface area contributed by atoms with Gasteiger partial charge in [-0.05, 0) is 61.1 Å². The van der Waals surface area contributed by atoms with Crippen molar-refractivity contribution in [1.29, 1.82) is 0 Å². The second-order valence-electron chi connectivity index (χ2n) is 7.42. The third-order valence-electron chi connectivity index (χ3n) is 5.24. The Labute approximate surface area is 171 Å². The summed E-state index contributed by atoms with van der Waals surface area (Å²) in [6.07, 6.45) is 0. The highest BCUT2D eigenvalue weighted by molar-refractivity contribution is 6.48. The molecular weight excluding hydrogens is 356 g/mol. The van der Waals surface area contributed by atoms with E-state index in [4.69, 9.17) is 15.7 Å². The van der Waals surface area contributed by atoms with Crippen LogP contribution in [0.1, 0.15) is 27.8 Å². The SMILES string of the molecule is Cc1cccc(C)c1N=C1N=C(c2ccccc2-c2c(C)cccc2C)N=C1N. The first-order chi connectivity index (χ1) is 14.0. The largest absolute Gasteiger partial charge is 0.380 e. The summed E-state index contributed by atoms with van der Waals surface area (Å²) in [5, 5.41) is 0. The Hall–Kier alpha value is -3.53. The third-order valence-corrected chi connectivity index (χ3v) is 5.24. The van der Waals surface area contributed by atoms with Gasteiger partial charge in [-0.3, -0.25) is 0 Å². The lowest BCUT2D eigenvalue weighted by Crippen LogP contribution is -2.18. The molecule has 0 fully saturated rings. The third kappa shape index (κ3) is 3.49. The number of hydrogen-bond donors (Lipinski definition) is 1. The summed E-state index contributed by atoms with van der Waals surface area (Å²) in [6, 6.07) is 20.6. The molecule has 0 aromatic heterocycles. The second-order valence-corrected chi connectivity index (χ2v) is 7.42. The molecule has 0 saturated carbocycles. The number of nitrogens with zero attached hydrogens (tertiary/aromatic N) is 3. The molecule has 0 unspecified atom stereocenters. The molecule has 0 saturated heterocycles. The molecule has 0 amide bonds. The maximum atomic E-state index is 6.21. The van der Waals surface area contributed by atoms with Crippen LogP contribution in [0.2, 0.25) is 0 Å². The number of benzene rings is 3. The predicted molar refractivity (Wildman–Crippen MR) is 123 cm³/mol. The van der Waals surface area contributed by atoms with Crippen LogP contribution in [-0.4, -0.2) is 17.5 Å². The molecular formula is C25H24N4. The average molecular weight is 380 g/mol. The molecule has 3 aromatic carbocycles. The lowest BCUT2D eigenvalue weighted by atomic mass is 9.92. The minimum Gasteiger partial charge on any atom is -0.380 e. The van der Waals surface area contributed by atoms with Gasteiger partial charge in [0.2, 0.25) is 0 Å². The fourth-order valence-electron chi connectivity index (χ4n) is 3.77. The number of amidine groups is 3. The molecule has 1 heterocycles. The van der Waals surface area contributed by atoms with Crippen molar-refractivity contribution in [2.45, 2.75) is 27.7 Å². The lowest BCUT2D eigenvalue weighted by molar-refractivity contribution is 1.32. The minimum absolute atomic E-state index is 0.346. The van der Waals surface area contributed by atoms with Crippen LogP contribution in [0.15, 0.2) is 75.6 Å². The van der Waals surface area contributed by atoms with Gasteiger partial charge in [0.25, 0.3) is 0 Å². The number of aryl methyl sites for hydroxylation is 4. The van der Waals surface area contributed by atoms with Gasteiger partial charge < -0.3 is 5.73 Å². The van der Waals surface area contributed by atoms with Crippen LogP contribution in [0.25, 0.3) is 11.1 Å². The van der Waals surface area contributed by atoms with Gasteiger partial charge in [0.1, 0.15) is 0 Å². The summed E-state index contributed by atoms with van der Waals surface area (Å²) >= 11 is 0. The molecule has 1 aliphatic rings. The molecule has 0 atom stereocenters. The van der Waals surface area contributed by atoms with E-state index in [1.54, 1.807) is 0 Å². The van der Waals surface area contributed by atoms with Crippen molar-refractivity contribution in [2.75, 3.05) is 0 Å². The van der Waals surface area contributed by atoms with Gasteiger partial charge in [0.05, 0.1) is 5.69 Å². The predicted octanol–water partition coefficient (Wildman–Crippen LogP) is 5.43. The highest BCUT2D eigenvalue weighted by atomic mass is 15.1. The Bertz CT molecular complexity index is 1160. The van der Waals surface area contributed by atoms with Gasteiger partial charge in [-0.1, -0.05) is 60.7 Å². The summed E-state index contributed by atoms with van der Waals surface area (Å²) in [4.78, 5) is 14.0. The highest BCUT2D eigenvalue weighted by Gasteiger charge is 2.21. The summed E-state index contributed by atoms with van der Waals surface area (Å²) in [5.74, 6) is 1.42. The highest BCUT2D eigenvalue weighted by Crippen LogP contribution is 2.31. The topological polar surface area (TPSA) is 63.1 Å². The fourth-order valence-corrected chi connectivity index (χ4v) is 3.77. The molecule has 0 aliphatic carbocycles. The maximum absolute atomic E-state index is 6.21. The molecule has 2 N–H and O–H groups in total. The van der Waals surface area contributed by atoms with Crippen molar-refractivity contribution in [1.82, 2.24) is 0 Å². The van der Waals surface area contributed by atoms with Crippen molar-refractivity contribution < 1.29 is 0 Å². The zero-order valence-electron chi connectivity index (χ0n) is 17.2. The molecule has 4 heteroatoms. The summed E-state index contributed by atoms with van der Waals surface area (Å²) < 4.78 is 0. The Morgan fingerprint density at radius 3 is 1.83 bits per heavy atom. The second kappa shape index (κ2) is 7.47. The van der Waals surface area contributed by atoms with Crippen LogP contribution in [0.3, 0.4) is 0 Å². The van der Waals surface area contributed by atoms with Crippen molar-refractivity contribution in [3.05, 3.63) is 88.5 Å². The molecule has 3 aromatic rings. The number of hydrogen-bond acceptors (Lipinski definition) is 3. The van der Waals surface area contributed by atoms with Gasteiger partial charge in [-0.2, -0.15) is 0 Å². The van der Waals surface area contributed by atoms with E-state index in [1.807, 2.05) is 50.2 Å². The van der Waals surface area contributed by atoms with Crippen molar-refractivity contribution >= 4 is 23.2 Å². The van der Waals surface area contributed by atoms with Gasteiger partial charge in [0.15, 0.2) is 17.5 Å². The Morgan fingerprint density at radius 1 is 0.655 bits per heavy atom. The number of para-hydroxylation sites is 1. The van der Waals surface area contributed by atoms with E-state index in [0.29, 0.717) is 17.5 Å². The van der Waals surface area contributed by atoms with Crippen LogP contribution in [0.5, 0.6) is 0 Å². The molecule has 4 nitrogen and oxygen atoms in total. The quantitative estimate of drug-likeness (QED) is 0.646. The van der Waals surface area contributed by atoms with Crippen molar-refractivity contribution in [3.8, 4) is 11.1 Å². The van der Waals surface area contributed by atoms with E-state index < -0.39 is 0 Å². The average Bonchev–Trinajstić information content (AvgIpc) is 3.05. The summed E-state index contributed by atoms with van der Waals surface area (Å²) in [7, 11) is 0. The van der Waals surface area contributed by atoms with Crippen molar-refractivity contribution in [2.24, 2.45) is 20.7 Å². The molecule has 1 aliphatic heterocycles. The van der Waals surface area contributed by atoms with Gasteiger partial charge in [0, 0.05) is 5.56 Å². The molecule has 0 bridgehead atoms. The van der Waals surface area contributed by atoms with Gasteiger partial charge in [-0.15, -0.1) is 0 Å². The van der Waals surface area contributed by atoms with E-state index in [9.17, 15) is 0 Å². The van der Waals surface area contributed by atoms with E-state index in [-0.39, 0.29) is 0 Å². The van der Waals surface area contributed by atoms with Crippen molar-refractivity contribution in [3.63, 3.8) is 0 Å². The molecule has 29 heavy (non-hydrogen) atoms. The number of aliphatic imine (C=N–C) groups is 3. The fraction of sp³-hybridized carbons (Fsp3) is 0.160. The van der Waals surface area contributed by atoms with E-state index >= 15 is 0 Å². The first-order valence-corrected chi connectivity index (χ1v) is 9.70. The molecule has 0 spiro atoms. The number of rotatable bonds is 3. The normalized spacial score (nSPS) is 14.8. The Balaban J connectivity index is 1.84. The minimum atomic E-state index is 0.346. The van der Waals surface area contributed by atoms with E-state index in [2.05, 4.69) is 43.1 Å². The molecule has 144 valence electrons. The zero-order chi connectivity index (χ0) is 20.5. The Morgan fingerprint density at radius 2 is 1.21 bits per heavy atom. The van der Waals surface area contributed by atoms with E-state index in [0.717, 1.165) is 27.9 Å². The van der Waals surface area contributed by atoms with Crippen LogP contribution in [0.4, 0.5) is 5.69 Å². The standard InChI is InChI=1S/C25H24N4/c1-15-9-7-10-16(2)21(15)19-13-5-6-14-20(19)24-28-23(26)25(29-24)27-22-17(3)11-8-12-18(22)4/h5-14H,1-4H3,(H2,26,27,28,29). The smallest absolute Gasteiger partial charge is 0.197 e. The zero-order valence-corrected chi connectivity index (χ0v) is 17.2. The maximum Gasteiger partial charge on any atom is 0.197 e. The first-order valence-electron chi connectivity index (χ1n) is 9.70. The number of nitrogens with two attached hydrogens (primary N) is 1. The van der Waals surface area contributed by atoms with Crippen LogP contribution < -0.4 is 5.73 Å². The van der Waals surface area contributed by atoms with Crippen LogP contribution in [-0.2, 0) is 0 Å².